The Labute approximate surface area is 107 Å². The highest BCUT2D eigenvalue weighted by atomic mass is 16.6. The SMILES string of the molecule is CC(C)ON=C1CCCCCCCCCCC1. The van der Waals surface area contributed by atoms with Crippen LogP contribution in [-0.4, -0.2) is 11.8 Å². The van der Waals surface area contributed by atoms with Gasteiger partial charge in [-0.1, -0.05) is 50.1 Å². The summed E-state index contributed by atoms with van der Waals surface area (Å²) >= 11 is 0. The summed E-state index contributed by atoms with van der Waals surface area (Å²) in [6, 6.07) is 0. The highest BCUT2D eigenvalue weighted by molar-refractivity contribution is 5.83. The highest BCUT2D eigenvalue weighted by Gasteiger charge is 2.04. The minimum absolute atomic E-state index is 0.212. The molecule has 0 aromatic rings. The molecule has 1 aliphatic rings. The van der Waals surface area contributed by atoms with Crippen LogP contribution in [0.4, 0.5) is 0 Å². The van der Waals surface area contributed by atoms with Crippen molar-refractivity contribution in [3.63, 3.8) is 0 Å². The molecule has 17 heavy (non-hydrogen) atoms. The van der Waals surface area contributed by atoms with Gasteiger partial charge in [-0.15, -0.1) is 0 Å². The Balaban J connectivity index is 2.34. The number of oxime groups is 1. The standard InChI is InChI=1S/C15H29NO/c1-14(2)17-16-15-12-10-8-6-4-3-5-7-9-11-13-15/h14H,3-13H2,1-2H3. The fourth-order valence-electron chi connectivity index (χ4n) is 2.29. The van der Waals surface area contributed by atoms with Crippen molar-refractivity contribution in [1.82, 2.24) is 0 Å². The third-order valence-corrected chi connectivity index (χ3v) is 3.32. The molecule has 0 heterocycles. The summed E-state index contributed by atoms with van der Waals surface area (Å²) in [6.45, 7) is 4.08. The van der Waals surface area contributed by atoms with Crippen LogP contribution in [0.5, 0.6) is 0 Å². The van der Waals surface area contributed by atoms with Gasteiger partial charge in [0, 0.05) is 0 Å². The van der Waals surface area contributed by atoms with Gasteiger partial charge in [-0.05, 0) is 39.5 Å². The summed E-state index contributed by atoms with van der Waals surface area (Å²) in [4.78, 5) is 5.39. The van der Waals surface area contributed by atoms with E-state index in [4.69, 9.17) is 4.84 Å². The van der Waals surface area contributed by atoms with Crippen molar-refractivity contribution < 1.29 is 4.84 Å². The lowest BCUT2D eigenvalue weighted by Crippen LogP contribution is -2.04. The first kappa shape index (κ1) is 14.5. The van der Waals surface area contributed by atoms with E-state index in [-0.39, 0.29) is 6.10 Å². The van der Waals surface area contributed by atoms with E-state index in [1.165, 1.54) is 63.5 Å². The van der Waals surface area contributed by atoms with Gasteiger partial charge in [-0.25, -0.2) is 0 Å². The summed E-state index contributed by atoms with van der Waals surface area (Å²) in [6.07, 6.45) is 14.9. The Morgan fingerprint density at radius 3 is 1.59 bits per heavy atom. The molecular formula is C15H29NO. The van der Waals surface area contributed by atoms with Crippen molar-refractivity contribution in [3.8, 4) is 0 Å². The predicted molar refractivity (Wildman–Crippen MR) is 74.4 cm³/mol. The molecule has 1 saturated carbocycles. The molecule has 1 aliphatic carbocycles. The first-order chi connectivity index (χ1) is 8.29. The molecule has 1 fully saturated rings. The summed E-state index contributed by atoms with van der Waals surface area (Å²) in [7, 11) is 0. The molecule has 0 radical (unpaired) electrons. The number of hydrogen-bond acceptors (Lipinski definition) is 2. The van der Waals surface area contributed by atoms with Crippen molar-refractivity contribution in [1.29, 1.82) is 0 Å². The van der Waals surface area contributed by atoms with Crippen molar-refractivity contribution in [2.24, 2.45) is 5.16 Å². The van der Waals surface area contributed by atoms with Crippen molar-refractivity contribution in [2.75, 3.05) is 0 Å². The first-order valence-corrected chi connectivity index (χ1v) is 7.50. The van der Waals surface area contributed by atoms with Crippen LogP contribution >= 0.6 is 0 Å². The highest BCUT2D eigenvalue weighted by Crippen LogP contribution is 2.15. The average Bonchev–Trinajstić information content (AvgIpc) is 2.28. The van der Waals surface area contributed by atoms with Gasteiger partial charge >= 0.3 is 0 Å². The molecule has 1 rings (SSSR count). The van der Waals surface area contributed by atoms with Gasteiger partial charge in [0.2, 0.25) is 0 Å². The Kier molecular flexibility index (Phi) is 8.12. The van der Waals surface area contributed by atoms with E-state index in [9.17, 15) is 0 Å². The molecule has 2 heteroatoms. The molecule has 0 aromatic heterocycles. The lowest BCUT2D eigenvalue weighted by Gasteiger charge is -2.10. The van der Waals surface area contributed by atoms with E-state index >= 15 is 0 Å². The van der Waals surface area contributed by atoms with Gasteiger partial charge in [-0.2, -0.15) is 0 Å². The van der Waals surface area contributed by atoms with Crippen LogP contribution in [0, 0.1) is 0 Å². The van der Waals surface area contributed by atoms with Gasteiger partial charge < -0.3 is 4.84 Å². The molecule has 0 spiro atoms. The van der Waals surface area contributed by atoms with E-state index in [0.717, 1.165) is 12.8 Å². The Morgan fingerprint density at radius 2 is 1.18 bits per heavy atom. The maximum Gasteiger partial charge on any atom is 0.122 e. The van der Waals surface area contributed by atoms with Crippen LogP contribution in [0.15, 0.2) is 5.16 Å². The van der Waals surface area contributed by atoms with E-state index < -0.39 is 0 Å². The molecular weight excluding hydrogens is 210 g/mol. The van der Waals surface area contributed by atoms with Gasteiger partial charge in [0.1, 0.15) is 6.10 Å². The third-order valence-electron chi connectivity index (χ3n) is 3.32. The smallest absolute Gasteiger partial charge is 0.122 e. The van der Waals surface area contributed by atoms with Gasteiger partial charge in [0.05, 0.1) is 5.71 Å². The molecule has 0 bridgehead atoms. The first-order valence-electron chi connectivity index (χ1n) is 7.50. The maximum absolute atomic E-state index is 5.39. The fourth-order valence-corrected chi connectivity index (χ4v) is 2.29. The van der Waals surface area contributed by atoms with Crippen molar-refractivity contribution in [3.05, 3.63) is 0 Å². The summed E-state index contributed by atoms with van der Waals surface area (Å²) in [5, 5.41) is 4.33. The van der Waals surface area contributed by atoms with Crippen molar-refractivity contribution in [2.45, 2.75) is 90.6 Å². The van der Waals surface area contributed by atoms with Crippen LogP contribution in [0.25, 0.3) is 0 Å². The number of hydrogen-bond donors (Lipinski definition) is 0. The Hall–Kier alpha value is -0.530. The number of rotatable bonds is 2. The predicted octanol–water partition coefficient (Wildman–Crippen LogP) is 5.07. The van der Waals surface area contributed by atoms with Crippen LogP contribution in [0.3, 0.4) is 0 Å². The maximum atomic E-state index is 5.39. The Morgan fingerprint density at radius 1 is 0.765 bits per heavy atom. The molecule has 0 aliphatic heterocycles. The molecule has 2 nitrogen and oxygen atoms in total. The molecule has 100 valence electrons. The van der Waals surface area contributed by atoms with E-state index in [1.54, 1.807) is 0 Å². The van der Waals surface area contributed by atoms with Gasteiger partial charge in [0.25, 0.3) is 0 Å². The minimum Gasteiger partial charge on any atom is -0.393 e. The fraction of sp³-hybridized carbons (Fsp3) is 0.933. The molecule has 0 N–H and O–H groups in total. The van der Waals surface area contributed by atoms with Crippen LogP contribution in [0.1, 0.15) is 84.5 Å². The van der Waals surface area contributed by atoms with Gasteiger partial charge in [-0.3, -0.25) is 0 Å². The quantitative estimate of drug-likeness (QED) is 0.616. The lowest BCUT2D eigenvalue weighted by atomic mass is 10.00. The monoisotopic (exact) mass is 239 g/mol. The van der Waals surface area contributed by atoms with Crippen molar-refractivity contribution >= 4 is 5.71 Å². The normalized spacial score (nSPS) is 20.5. The van der Waals surface area contributed by atoms with Crippen LogP contribution in [-0.2, 0) is 4.84 Å². The molecule has 0 saturated heterocycles. The van der Waals surface area contributed by atoms with Crippen LogP contribution < -0.4 is 0 Å². The molecule has 0 atom stereocenters. The lowest BCUT2D eigenvalue weighted by molar-refractivity contribution is 0.0848. The largest absolute Gasteiger partial charge is 0.393 e. The second-order valence-electron chi connectivity index (χ2n) is 5.49. The molecule has 0 unspecified atom stereocenters. The Bertz CT molecular complexity index is 197. The zero-order valence-corrected chi connectivity index (χ0v) is 11.7. The van der Waals surface area contributed by atoms with Gasteiger partial charge in [0.15, 0.2) is 0 Å². The summed E-state index contributed by atoms with van der Waals surface area (Å²) in [5.74, 6) is 0. The zero-order valence-electron chi connectivity index (χ0n) is 11.7. The molecule has 0 amide bonds. The van der Waals surface area contributed by atoms with Crippen LogP contribution in [0.2, 0.25) is 0 Å². The molecule has 0 aromatic carbocycles. The van der Waals surface area contributed by atoms with E-state index in [2.05, 4.69) is 5.16 Å². The average molecular weight is 239 g/mol. The zero-order chi connectivity index (χ0) is 12.3. The summed E-state index contributed by atoms with van der Waals surface area (Å²) < 4.78 is 0. The van der Waals surface area contributed by atoms with E-state index in [1.807, 2.05) is 13.8 Å². The topological polar surface area (TPSA) is 21.6 Å². The summed E-state index contributed by atoms with van der Waals surface area (Å²) in [5.41, 5.74) is 1.29. The number of nitrogens with zero attached hydrogens (tertiary/aromatic N) is 1. The third kappa shape index (κ3) is 8.23. The minimum atomic E-state index is 0.212. The second-order valence-corrected chi connectivity index (χ2v) is 5.49. The van der Waals surface area contributed by atoms with E-state index in [0.29, 0.717) is 0 Å². The second kappa shape index (κ2) is 9.49.